The van der Waals surface area contributed by atoms with Gasteiger partial charge in [0, 0.05) is 27.7 Å². The minimum atomic E-state index is 0.162. The second kappa shape index (κ2) is 24.6. The van der Waals surface area contributed by atoms with Gasteiger partial charge < -0.3 is 20.1 Å². The zero-order chi connectivity index (χ0) is 43.9. The van der Waals surface area contributed by atoms with Crippen LogP contribution in [0, 0.1) is 7.40 Å². The molecular weight excluding hydrogens is 1110 g/mol. The number of fused-ring (bicyclic) bond motifs is 4. The molecule has 0 saturated carbocycles. The smallest absolute Gasteiger partial charge is 0.145 e. The first-order valence-electron chi connectivity index (χ1n) is 18.3. The van der Waals surface area contributed by atoms with E-state index in [1.54, 1.807) is 42.6 Å². The van der Waals surface area contributed by atoms with Crippen LogP contribution in [0.1, 0.15) is 13.8 Å². The Balaban J connectivity index is 0.000000150. The van der Waals surface area contributed by atoms with Gasteiger partial charge in [-0.15, -0.1) is 26.8 Å². The molecule has 0 radical (unpaired) electrons. The van der Waals surface area contributed by atoms with E-state index in [1.165, 1.54) is 0 Å². The Morgan fingerprint density at radius 2 is 1.02 bits per heavy atom. The van der Waals surface area contributed by atoms with Crippen molar-refractivity contribution in [1.29, 1.82) is 0 Å². The Hall–Kier alpha value is -3.23. The van der Waals surface area contributed by atoms with Gasteiger partial charge in [-0.3, -0.25) is 4.98 Å². The van der Waals surface area contributed by atoms with Crippen molar-refractivity contribution < 1.29 is 20.1 Å². The summed E-state index contributed by atoms with van der Waals surface area (Å²) in [6.07, 6.45) is 1.90. The molecule has 61 heavy (non-hydrogen) atoms. The molecule has 9 aromatic rings. The average Bonchev–Trinajstić information content (AvgIpc) is 3.26. The highest BCUT2D eigenvalue weighted by Crippen LogP contribution is 2.71. The van der Waals surface area contributed by atoms with Crippen molar-refractivity contribution in [3.8, 4) is 34.4 Å². The summed E-state index contributed by atoms with van der Waals surface area (Å²) in [5, 5.41) is 32.9. The number of hydrogen-bond acceptors (Lipinski definition) is 9. The number of phenolic OH excluding ortho intramolecular Hbond substituents is 3. The molecule has 0 amide bonds. The molecule has 3 N–H and O–H groups in total. The molecule has 17 heteroatoms. The third kappa shape index (κ3) is 14.9. The number of para-hydroxylation sites is 4. The van der Waals surface area contributed by atoms with Gasteiger partial charge in [0.15, 0.2) is 0 Å². The quantitative estimate of drug-likeness (QED) is 0.0894. The number of rotatable bonds is 4. The van der Waals surface area contributed by atoms with E-state index in [0.29, 0.717) is 21.7 Å². The molecule has 0 aliphatic carbocycles. The van der Waals surface area contributed by atoms with Crippen molar-refractivity contribution in [1.82, 2.24) is 24.9 Å². The number of pyridine rings is 5. The summed E-state index contributed by atoms with van der Waals surface area (Å²) in [6, 6.07) is 43.0. The molecule has 9 nitrogen and oxygen atoms in total. The maximum absolute atomic E-state index is 9.76. The second-order valence-corrected chi connectivity index (χ2v) is 29.4. The first-order valence-corrected chi connectivity index (χ1v) is 29.1. The largest absolute Gasteiger partial charge is 0.506 e. The van der Waals surface area contributed by atoms with Crippen molar-refractivity contribution in [2.75, 3.05) is 0 Å². The summed E-state index contributed by atoms with van der Waals surface area (Å²) in [7, 11) is 9.24. The Kier molecular flexibility index (Phi) is 19.7. The van der Waals surface area contributed by atoms with Gasteiger partial charge in [0.25, 0.3) is 0 Å². The van der Waals surface area contributed by atoms with Gasteiger partial charge in [0.05, 0.1) is 17.5 Å². The van der Waals surface area contributed by atoms with Crippen molar-refractivity contribution in [2.45, 2.75) is 20.0 Å². The lowest BCUT2D eigenvalue weighted by atomic mass is 10.1. The molecule has 312 valence electrons. The van der Waals surface area contributed by atoms with Crippen molar-refractivity contribution in [3.63, 3.8) is 0 Å². The summed E-state index contributed by atoms with van der Waals surface area (Å²) >= 11 is 10.0. The van der Waals surface area contributed by atoms with Crippen LogP contribution in [0.25, 0.3) is 55.0 Å². The van der Waals surface area contributed by atoms with Gasteiger partial charge in [0.2, 0.25) is 0 Å². The highest BCUT2D eigenvalue weighted by molar-refractivity contribution is 14.1. The van der Waals surface area contributed by atoms with E-state index in [0.717, 1.165) is 59.6 Å². The second-order valence-electron chi connectivity index (χ2n) is 12.9. The number of benzene rings is 4. The SMILES string of the molecule is CC(C)Oc1cccc2ccc(I)nc12.Oc1cccc2ccc(-c3ccccn3)nc12.Oc1cccc2ccc(Cl)nc12.Oc1cccc2ccc(I)nc12.PPP(P)P. The van der Waals surface area contributed by atoms with Crippen LogP contribution >= 0.6 is 98.5 Å². The van der Waals surface area contributed by atoms with Gasteiger partial charge in [-0.05, 0) is 133 Å². The van der Waals surface area contributed by atoms with Crippen LogP contribution in [-0.4, -0.2) is 46.3 Å². The van der Waals surface area contributed by atoms with Crippen LogP contribution in [0.15, 0.2) is 146 Å². The zero-order valence-corrected chi connectivity index (χ0v) is 43.2. The molecule has 0 spiro atoms. The monoisotopic (exact) mass is 1150 g/mol. The fourth-order valence-corrected chi connectivity index (χ4v) is 6.44. The van der Waals surface area contributed by atoms with Crippen LogP contribution in [-0.2, 0) is 0 Å². The minimum Gasteiger partial charge on any atom is -0.506 e. The standard InChI is InChI=1S/C14H10N2O.C12H12INO.C9H6ClNO.C9H6INO.H7P5/c17-13-6-3-4-10-7-8-12(16-14(10)13)11-5-1-2-9-15-11;1-8(2)15-10-5-3-4-9-6-7-11(13)14-12(9)10;2*10-8-5-4-6-2-1-3-7(12)9(6)11-8;1-4-5(2)3/h1-9,17H;3-8H,1-2H3;2*1-5,12H;4H,1-3H2. The number of ether oxygens (including phenoxy) is 1. The number of nitrogens with zero attached hydrogens (tertiary/aromatic N) is 5. The molecule has 5 aromatic heterocycles. The fourth-order valence-electron chi connectivity index (χ4n) is 5.45. The molecule has 5 heterocycles. The predicted molar refractivity (Wildman–Crippen MR) is 286 cm³/mol. The van der Waals surface area contributed by atoms with Gasteiger partial charge in [0.1, 0.15) is 57.6 Å². The van der Waals surface area contributed by atoms with Crippen LogP contribution in [0.5, 0.6) is 23.0 Å². The maximum atomic E-state index is 9.76. The molecule has 0 saturated heterocycles. The van der Waals surface area contributed by atoms with E-state index in [-0.39, 0.29) is 30.3 Å². The summed E-state index contributed by atoms with van der Waals surface area (Å²) in [4.78, 5) is 21.4. The summed E-state index contributed by atoms with van der Waals surface area (Å²) in [6.45, 7) is 4.27. The molecule has 0 aliphatic rings. The third-order valence-electron chi connectivity index (χ3n) is 8.12. The third-order valence-corrected chi connectivity index (χ3v) is 21.5. The molecule has 4 aromatic carbocycles. The Morgan fingerprint density at radius 1 is 0.557 bits per heavy atom. The average molecular weight is 1150 g/mol. The Morgan fingerprint density at radius 3 is 1.52 bits per heavy atom. The first kappa shape index (κ1) is 48.8. The highest BCUT2D eigenvalue weighted by atomic mass is 127. The van der Waals surface area contributed by atoms with E-state index in [9.17, 15) is 15.3 Å². The molecule has 0 aliphatic heterocycles. The molecular formula is C44H41ClI2N5O4P5. The van der Waals surface area contributed by atoms with Crippen LogP contribution < -0.4 is 4.74 Å². The van der Waals surface area contributed by atoms with E-state index >= 15 is 0 Å². The summed E-state index contributed by atoms with van der Waals surface area (Å²) in [5.74, 6) is 1.46. The van der Waals surface area contributed by atoms with E-state index < -0.39 is 0 Å². The molecule has 4 unspecified atom stereocenters. The lowest BCUT2D eigenvalue weighted by molar-refractivity contribution is 0.245. The van der Waals surface area contributed by atoms with Crippen LogP contribution in [0.3, 0.4) is 0 Å². The summed E-state index contributed by atoms with van der Waals surface area (Å²) < 4.78 is 7.59. The first-order chi connectivity index (χ1) is 29.3. The fraction of sp³-hybridized carbons (Fsp3) is 0.0682. The van der Waals surface area contributed by atoms with Gasteiger partial charge in [-0.25, -0.2) is 19.9 Å². The normalized spacial score (nSPS) is 10.7. The van der Waals surface area contributed by atoms with E-state index in [2.05, 4.69) is 103 Å². The predicted octanol–water partition coefficient (Wildman–Crippen LogP) is 14.2. The van der Waals surface area contributed by atoms with Crippen molar-refractivity contribution in [3.05, 3.63) is 158 Å². The number of aromatic nitrogens is 5. The number of halogens is 3. The van der Waals surface area contributed by atoms with E-state index in [1.807, 2.05) is 111 Å². The minimum absolute atomic E-state index is 0.162. The highest BCUT2D eigenvalue weighted by Gasteiger charge is 2.07. The molecule has 9 rings (SSSR count). The number of phenols is 3. The topological polar surface area (TPSA) is 134 Å². The van der Waals surface area contributed by atoms with Crippen LogP contribution in [0.2, 0.25) is 5.15 Å². The van der Waals surface area contributed by atoms with E-state index in [4.69, 9.17) is 16.3 Å². The van der Waals surface area contributed by atoms with Crippen molar-refractivity contribution in [2.24, 2.45) is 0 Å². The van der Waals surface area contributed by atoms with Gasteiger partial charge in [-0.1, -0.05) is 92.4 Å². The Labute approximate surface area is 396 Å². The van der Waals surface area contributed by atoms with Crippen molar-refractivity contribution >= 4 is 142 Å². The summed E-state index contributed by atoms with van der Waals surface area (Å²) in [5.41, 5.74) is 4.33. The lowest BCUT2D eigenvalue weighted by Crippen LogP contribution is -2.06. The number of hydrogen-bond donors (Lipinski definition) is 3. The molecule has 0 bridgehead atoms. The molecule has 0 fully saturated rings. The van der Waals surface area contributed by atoms with Crippen LogP contribution in [0.4, 0.5) is 0 Å². The van der Waals surface area contributed by atoms with Gasteiger partial charge in [-0.2, -0.15) is 0 Å². The Bertz CT molecular complexity index is 2770. The van der Waals surface area contributed by atoms with Gasteiger partial charge >= 0.3 is 0 Å². The maximum Gasteiger partial charge on any atom is 0.145 e. The number of aromatic hydroxyl groups is 3. The zero-order valence-electron chi connectivity index (χ0n) is 32.7. The lowest BCUT2D eigenvalue weighted by Gasteiger charge is -2.11. The molecule has 4 atom stereocenters.